The van der Waals surface area contributed by atoms with Gasteiger partial charge in [-0.2, -0.15) is 0 Å². The lowest BCUT2D eigenvalue weighted by Gasteiger charge is -2.07. The second-order valence-corrected chi connectivity index (χ2v) is 4.62. The average molecular weight is 276 g/mol. The second-order valence-electron chi connectivity index (χ2n) is 3.70. The Morgan fingerprint density at radius 2 is 1.94 bits per heavy atom. The van der Waals surface area contributed by atoms with Crippen molar-refractivity contribution >= 4 is 21.6 Å². The van der Waals surface area contributed by atoms with Gasteiger partial charge in [-0.25, -0.2) is 0 Å². The monoisotopic (exact) mass is 275 g/mol. The van der Waals surface area contributed by atoms with Gasteiger partial charge >= 0.3 is 0 Å². The van der Waals surface area contributed by atoms with E-state index in [1.807, 2.05) is 36.4 Å². The number of fused-ring (bicyclic) bond motifs is 2. The molecular weight excluding hydrogens is 266 g/mol. The van der Waals surface area contributed by atoms with Crippen molar-refractivity contribution in [3.05, 3.63) is 52.5 Å². The first-order valence-corrected chi connectivity index (χ1v) is 5.91. The standard InChI is InChI=1S/C13H10BrNO/c14-10-5-6-12-9(7-10)8-15-11-3-1-2-4-13(11)16-12/h1-7,15H,8H2. The van der Waals surface area contributed by atoms with E-state index < -0.39 is 0 Å². The molecular formula is C13H10BrNO. The minimum absolute atomic E-state index is 0.784. The molecule has 0 amide bonds. The first kappa shape index (κ1) is 9.73. The molecule has 1 aliphatic rings. The molecule has 3 heteroatoms. The van der Waals surface area contributed by atoms with Crippen LogP contribution in [0.5, 0.6) is 11.5 Å². The number of benzene rings is 2. The Balaban J connectivity index is 2.08. The molecule has 0 spiro atoms. The third-order valence-electron chi connectivity index (χ3n) is 2.60. The highest BCUT2D eigenvalue weighted by molar-refractivity contribution is 9.10. The Hall–Kier alpha value is -1.48. The topological polar surface area (TPSA) is 21.3 Å². The molecule has 0 aliphatic carbocycles. The highest BCUT2D eigenvalue weighted by Crippen LogP contribution is 2.36. The van der Waals surface area contributed by atoms with Crippen LogP contribution in [0.1, 0.15) is 5.56 Å². The van der Waals surface area contributed by atoms with E-state index >= 15 is 0 Å². The van der Waals surface area contributed by atoms with Crippen molar-refractivity contribution in [2.45, 2.75) is 6.54 Å². The summed E-state index contributed by atoms with van der Waals surface area (Å²) in [5.41, 5.74) is 2.19. The largest absolute Gasteiger partial charge is 0.455 e. The third-order valence-corrected chi connectivity index (χ3v) is 3.09. The summed E-state index contributed by atoms with van der Waals surface area (Å²) >= 11 is 3.47. The quantitative estimate of drug-likeness (QED) is 0.779. The van der Waals surface area contributed by atoms with Gasteiger partial charge in [0.1, 0.15) is 5.75 Å². The van der Waals surface area contributed by atoms with Crippen molar-refractivity contribution in [2.75, 3.05) is 5.32 Å². The number of nitrogens with one attached hydrogen (secondary N) is 1. The Kier molecular flexibility index (Phi) is 2.33. The van der Waals surface area contributed by atoms with Crippen LogP contribution < -0.4 is 10.1 Å². The maximum atomic E-state index is 5.87. The highest BCUT2D eigenvalue weighted by Gasteiger charge is 2.13. The Bertz CT molecular complexity index is 539. The Morgan fingerprint density at radius 1 is 1.06 bits per heavy atom. The van der Waals surface area contributed by atoms with E-state index in [0.29, 0.717) is 0 Å². The number of ether oxygens (including phenoxy) is 1. The number of anilines is 1. The second kappa shape index (κ2) is 3.83. The molecule has 1 aliphatic heterocycles. The molecule has 2 nitrogen and oxygen atoms in total. The molecule has 2 aromatic rings. The molecule has 0 radical (unpaired) electrons. The van der Waals surface area contributed by atoms with Gasteiger partial charge in [-0.1, -0.05) is 28.1 Å². The van der Waals surface area contributed by atoms with Crippen LogP contribution in [0.2, 0.25) is 0 Å². The molecule has 3 rings (SSSR count). The van der Waals surface area contributed by atoms with Gasteiger partial charge in [-0.05, 0) is 30.3 Å². The summed E-state index contributed by atoms with van der Waals surface area (Å²) in [6.45, 7) is 0.784. The lowest BCUT2D eigenvalue weighted by Crippen LogP contribution is -1.96. The fraction of sp³-hybridized carbons (Fsp3) is 0.0769. The molecule has 16 heavy (non-hydrogen) atoms. The minimum Gasteiger partial charge on any atom is -0.455 e. The molecule has 0 saturated carbocycles. The van der Waals surface area contributed by atoms with Gasteiger partial charge in [0.15, 0.2) is 5.75 Å². The molecule has 0 bridgehead atoms. The minimum atomic E-state index is 0.784. The van der Waals surface area contributed by atoms with Gasteiger partial charge in [0.05, 0.1) is 5.69 Å². The molecule has 80 valence electrons. The number of para-hydroxylation sites is 2. The first-order valence-electron chi connectivity index (χ1n) is 5.12. The highest BCUT2D eigenvalue weighted by atomic mass is 79.9. The van der Waals surface area contributed by atoms with Crippen LogP contribution in [-0.2, 0) is 6.54 Å². The summed E-state index contributed by atoms with van der Waals surface area (Å²) in [5.74, 6) is 1.80. The van der Waals surface area contributed by atoms with Crippen molar-refractivity contribution in [1.82, 2.24) is 0 Å². The van der Waals surface area contributed by atoms with Crippen LogP contribution in [-0.4, -0.2) is 0 Å². The fourth-order valence-corrected chi connectivity index (χ4v) is 2.20. The maximum absolute atomic E-state index is 5.87. The summed E-state index contributed by atoms with van der Waals surface area (Å²) in [6, 6.07) is 14.0. The zero-order chi connectivity index (χ0) is 11.0. The van der Waals surface area contributed by atoms with E-state index in [0.717, 1.165) is 33.8 Å². The lowest BCUT2D eigenvalue weighted by molar-refractivity contribution is 0.484. The predicted molar refractivity (Wildman–Crippen MR) is 68.0 cm³/mol. The van der Waals surface area contributed by atoms with Crippen molar-refractivity contribution in [2.24, 2.45) is 0 Å². The summed E-state index contributed by atoms with van der Waals surface area (Å²) < 4.78 is 6.95. The van der Waals surface area contributed by atoms with E-state index in [9.17, 15) is 0 Å². The number of halogens is 1. The number of hydrogen-bond acceptors (Lipinski definition) is 2. The zero-order valence-corrected chi connectivity index (χ0v) is 10.1. The van der Waals surface area contributed by atoms with E-state index in [1.54, 1.807) is 0 Å². The molecule has 1 N–H and O–H groups in total. The van der Waals surface area contributed by atoms with Crippen molar-refractivity contribution < 1.29 is 4.74 Å². The number of rotatable bonds is 0. The van der Waals surface area contributed by atoms with Gasteiger partial charge in [0, 0.05) is 16.6 Å². The van der Waals surface area contributed by atoms with Crippen molar-refractivity contribution in [3.63, 3.8) is 0 Å². The van der Waals surface area contributed by atoms with E-state index in [2.05, 4.69) is 27.3 Å². The Morgan fingerprint density at radius 3 is 2.88 bits per heavy atom. The molecule has 2 aromatic carbocycles. The molecule has 0 aromatic heterocycles. The lowest BCUT2D eigenvalue weighted by atomic mass is 10.2. The summed E-state index contributed by atoms with van der Waals surface area (Å²) in [7, 11) is 0. The van der Waals surface area contributed by atoms with Crippen molar-refractivity contribution in [3.8, 4) is 11.5 Å². The van der Waals surface area contributed by atoms with Crippen molar-refractivity contribution in [1.29, 1.82) is 0 Å². The first-order chi connectivity index (χ1) is 7.83. The number of hydrogen-bond donors (Lipinski definition) is 1. The van der Waals surface area contributed by atoms with Crippen LogP contribution in [0.15, 0.2) is 46.9 Å². The van der Waals surface area contributed by atoms with E-state index in [1.165, 1.54) is 0 Å². The van der Waals surface area contributed by atoms with Crippen LogP contribution in [0.25, 0.3) is 0 Å². The molecule has 0 unspecified atom stereocenters. The molecule has 0 fully saturated rings. The van der Waals surface area contributed by atoms with Gasteiger partial charge in [-0.15, -0.1) is 0 Å². The molecule has 1 heterocycles. The van der Waals surface area contributed by atoms with E-state index in [-0.39, 0.29) is 0 Å². The third kappa shape index (κ3) is 1.67. The maximum Gasteiger partial charge on any atom is 0.150 e. The van der Waals surface area contributed by atoms with Crippen LogP contribution in [0.3, 0.4) is 0 Å². The summed E-state index contributed by atoms with van der Waals surface area (Å²) in [5, 5.41) is 3.36. The van der Waals surface area contributed by atoms with E-state index in [4.69, 9.17) is 4.74 Å². The molecule has 0 atom stereocenters. The van der Waals surface area contributed by atoms with Crippen LogP contribution in [0.4, 0.5) is 5.69 Å². The summed E-state index contributed by atoms with van der Waals surface area (Å²) in [4.78, 5) is 0. The Labute approximate surface area is 102 Å². The molecule has 0 saturated heterocycles. The van der Waals surface area contributed by atoms with Gasteiger partial charge in [-0.3, -0.25) is 0 Å². The summed E-state index contributed by atoms with van der Waals surface area (Å²) in [6.07, 6.45) is 0. The average Bonchev–Trinajstić information content (AvgIpc) is 2.48. The predicted octanol–water partition coefficient (Wildman–Crippen LogP) is 4.17. The fourth-order valence-electron chi connectivity index (χ4n) is 1.80. The SMILES string of the molecule is Brc1ccc2c(c1)CNc1ccccc1O2. The smallest absolute Gasteiger partial charge is 0.150 e. The van der Waals surface area contributed by atoms with Crippen LogP contribution in [0, 0.1) is 0 Å². The van der Waals surface area contributed by atoms with Gasteiger partial charge < -0.3 is 10.1 Å². The zero-order valence-electron chi connectivity index (χ0n) is 8.53. The normalized spacial score (nSPS) is 12.8. The van der Waals surface area contributed by atoms with Gasteiger partial charge in [0.2, 0.25) is 0 Å². The van der Waals surface area contributed by atoms with Crippen LogP contribution >= 0.6 is 15.9 Å². The van der Waals surface area contributed by atoms with Gasteiger partial charge in [0.25, 0.3) is 0 Å².